The van der Waals surface area contributed by atoms with E-state index in [2.05, 4.69) is 0 Å². The summed E-state index contributed by atoms with van der Waals surface area (Å²) in [7, 11) is 0. The molecule has 0 bridgehead atoms. The van der Waals surface area contributed by atoms with Crippen LogP contribution < -0.4 is 5.56 Å². The van der Waals surface area contributed by atoms with Crippen LogP contribution in [0.15, 0.2) is 10.9 Å². The Labute approximate surface area is 94.8 Å². The van der Waals surface area contributed by atoms with E-state index < -0.39 is 5.56 Å². The van der Waals surface area contributed by atoms with Gasteiger partial charge in [0, 0.05) is 12.6 Å². The van der Waals surface area contributed by atoms with E-state index in [0.29, 0.717) is 12.1 Å². The monoisotopic (exact) mass is 220 g/mol. The first kappa shape index (κ1) is 12.3. The standard InChI is InChI=1S/C12H16N2O2/c1-8-5-10(15)14(7-12(2,3)4)11(16)9(8)6-13/h5,15H,7H2,1-4H3. The number of rotatable bonds is 1. The van der Waals surface area contributed by atoms with Gasteiger partial charge in [0.2, 0.25) is 0 Å². The van der Waals surface area contributed by atoms with E-state index in [-0.39, 0.29) is 16.9 Å². The molecule has 0 unspecified atom stereocenters. The molecule has 0 aliphatic rings. The molecule has 0 radical (unpaired) electrons. The van der Waals surface area contributed by atoms with Gasteiger partial charge in [0.15, 0.2) is 5.88 Å². The highest BCUT2D eigenvalue weighted by molar-refractivity contribution is 5.37. The Morgan fingerprint density at radius 2 is 2.06 bits per heavy atom. The number of aromatic hydroxyl groups is 1. The van der Waals surface area contributed by atoms with Crippen LogP contribution in [0.3, 0.4) is 0 Å². The number of aryl methyl sites for hydroxylation is 1. The largest absolute Gasteiger partial charge is 0.494 e. The van der Waals surface area contributed by atoms with Crippen LogP contribution in [0.4, 0.5) is 0 Å². The van der Waals surface area contributed by atoms with Crippen molar-refractivity contribution in [2.24, 2.45) is 5.41 Å². The lowest BCUT2D eigenvalue weighted by molar-refractivity contribution is 0.304. The van der Waals surface area contributed by atoms with Gasteiger partial charge in [0.25, 0.3) is 5.56 Å². The van der Waals surface area contributed by atoms with E-state index in [1.54, 1.807) is 6.92 Å². The molecule has 4 nitrogen and oxygen atoms in total. The Kier molecular flexibility index (Phi) is 3.09. The molecule has 0 saturated carbocycles. The normalized spacial score (nSPS) is 11.2. The highest BCUT2D eigenvalue weighted by atomic mass is 16.3. The third kappa shape index (κ3) is 2.43. The van der Waals surface area contributed by atoms with Crippen molar-refractivity contribution < 1.29 is 5.11 Å². The third-order valence-electron chi connectivity index (χ3n) is 2.22. The molecule has 0 amide bonds. The summed E-state index contributed by atoms with van der Waals surface area (Å²) in [5, 5.41) is 18.6. The smallest absolute Gasteiger partial charge is 0.271 e. The zero-order valence-corrected chi connectivity index (χ0v) is 10.0. The second kappa shape index (κ2) is 4.01. The van der Waals surface area contributed by atoms with Gasteiger partial charge in [-0.3, -0.25) is 9.36 Å². The molecule has 4 heteroatoms. The number of aromatic nitrogens is 1. The van der Waals surface area contributed by atoms with Crippen LogP contribution >= 0.6 is 0 Å². The summed E-state index contributed by atoms with van der Waals surface area (Å²) in [6.45, 7) is 7.91. The van der Waals surface area contributed by atoms with Gasteiger partial charge < -0.3 is 5.11 Å². The predicted molar refractivity (Wildman–Crippen MR) is 61.3 cm³/mol. The molecule has 0 aliphatic heterocycles. The molecular formula is C12H16N2O2. The molecular weight excluding hydrogens is 204 g/mol. The Bertz CT molecular complexity index is 501. The molecule has 0 spiro atoms. The summed E-state index contributed by atoms with van der Waals surface area (Å²) in [4.78, 5) is 11.9. The Morgan fingerprint density at radius 3 is 2.50 bits per heavy atom. The van der Waals surface area contributed by atoms with Crippen molar-refractivity contribution in [3.05, 3.63) is 27.5 Å². The van der Waals surface area contributed by atoms with E-state index >= 15 is 0 Å². The van der Waals surface area contributed by atoms with Crippen LogP contribution in [-0.4, -0.2) is 9.67 Å². The van der Waals surface area contributed by atoms with Crippen LogP contribution in [0.25, 0.3) is 0 Å². The van der Waals surface area contributed by atoms with Crippen LogP contribution in [0.1, 0.15) is 31.9 Å². The second-order valence-corrected chi connectivity index (χ2v) is 5.12. The molecule has 1 rings (SSSR count). The van der Waals surface area contributed by atoms with Crippen LogP contribution in [0.5, 0.6) is 5.88 Å². The van der Waals surface area contributed by atoms with Gasteiger partial charge in [-0.2, -0.15) is 5.26 Å². The maximum Gasteiger partial charge on any atom is 0.271 e. The Balaban J connectivity index is 3.42. The molecule has 0 aliphatic carbocycles. The Morgan fingerprint density at radius 1 is 1.50 bits per heavy atom. The van der Waals surface area contributed by atoms with Crippen molar-refractivity contribution in [1.82, 2.24) is 4.57 Å². The summed E-state index contributed by atoms with van der Waals surface area (Å²) in [6, 6.07) is 3.32. The van der Waals surface area contributed by atoms with Crippen molar-refractivity contribution in [2.45, 2.75) is 34.2 Å². The van der Waals surface area contributed by atoms with E-state index in [0.717, 1.165) is 0 Å². The topological polar surface area (TPSA) is 66.0 Å². The molecule has 0 aromatic carbocycles. The number of nitriles is 1. The van der Waals surface area contributed by atoms with Crippen LogP contribution in [-0.2, 0) is 6.54 Å². The molecule has 0 atom stereocenters. The Hall–Kier alpha value is -1.76. The lowest BCUT2D eigenvalue weighted by Gasteiger charge is -2.21. The minimum Gasteiger partial charge on any atom is -0.494 e. The lowest BCUT2D eigenvalue weighted by Crippen LogP contribution is -2.28. The van der Waals surface area contributed by atoms with E-state index in [1.807, 2.05) is 26.8 Å². The molecule has 16 heavy (non-hydrogen) atoms. The SMILES string of the molecule is Cc1cc(O)n(CC(C)(C)C)c(=O)c1C#N. The highest BCUT2D eigenvalue weighted by Crippen LogP contribution is 2.20. The first-order chi connectivity index (χ1) is 7.26. The van der Waals surface area contributed by atoms with Gasteiger partial charge in [0.1, 0.15) is 11.6 Å². The summed E-state index contributed by atoms with van der Waals surface area (Å²) in [5.41, 5.74) is 0.0515. The highest BCUT2D eigenvalue weighted by Gasteiger charge is 2.17. The fraction of sp³-hybridized carbons (Fsp3) is 0.500. The lowest BCUT2D eigenvalue weighted by atomic mass is 9.96. The molecule has 0 saturated heterocycles. The maximum atomic E-state index is 11.9. The zero-order chi connectivity index (χ0) is 12.5. The summed E-state index contributed by atoms with van der Waals surface area (Å²) >= 11 is 0. The average Bonchev–Trinajstić information content (AvgIpc) is 2.11. The number of pyridine rings is 1. The molecule has 1 aromatic rings. The summed E-state index contributed by atoms with van der Waals surface area (Å²) in [6.07, 6.45) is 0. The van der Waals surface area contributed by atoms with E-state index in [4.69, 9.17) is 5.26 Å². The second-order valence-electron chi connectivity index (χ2n) is 5.12. The van der Waals surface area contributed by atoms with Crippen molar-refractivity contribution in [3.63, 3.8) is 0 Å². The van der Waals surface area contributed by atoms with Crippen LogP contribution in [0, 0.1) is 23.7 Å². The van der Waals surface area contributed by atoms with Gasteiger partial charge in [-0.05, 0) is 17.9 Å². The van der Waals surface area contributed by atoms with Gasteiger partial charge in [-0.1, -0.05) is 20.8 Å². The minimum atomic E-state index is -0.421. The van der Waals surface area contributed by atoms with E-state index in [1.165, 1.54) is 10.6 Å². The van der Waals surface area contributed by atoms with Gasteiger partial charge in [-0.25, -0.2) is 0 Å². The van der Waals surface area contributed by atoms with Gasteiger partial charge >= 0.3 is 0 Å². The first-order valence-corrected chi connectivity index (χ1v) is 5.10. The molecule has 86 valence electrons. The zero-order valence-electron chi connectivity index (χ0n) is 10.0. The first-order valence-electron chi connectivity index (χ1n) is 5.10. The molecule has 1 heterocycles. The maximum absolute atomic E-state index is 11.9. The predicted octanol–water partition coefficient (Wildman–Crippen LogP) is 1.78. The average molecular weight is 220 g/mol. The molecule has 1 aromatic heterocycles. The molecule has 0 fully saturated rings. The fourth-order valence-corrected chi connectivity index (χ4v) is 1.51. The number of hydrogen-bond donors (Lipinski definition) is 1. The van der Waals surface area contributed by atoms with Gasteiger partial charge in [-0.15, -0.1) is 0 Å². The summed E-state index contributed by atoms with van der Waals surface area (Å²) < 4.78 is 1.24. The van der Waals surface area contributed by atoms with Crippen molar-refractivity contribution in [2.75, 3.05) is 0 Å². The fourth-order valence-electron chi connectivity index (χ4n) is 1.51. The van der Waals surface area contributed by atoms with Gasteiger partial charge in [0.05, 0.1) is 0 Å². The quantitative estimate of drug-likeness (QED) is 0.784. The number of nitrogens with zero attached hydrogens (tertiary/aromatic N) is 2. The summed E-state index contributed by atoms with van der Waals surface area (Å²) in [5.74, 6) is -0.0866. The van der Waals surface area contributed by atoms with Crippen LogP contribution in [0.2, 0.25) is 0 Å². The minimum absolute atomic E-state index is 0.0866. The van der Waals surface area contributed by atoms with Crippen molar-refractivity contribution in [1.29, 1.82) is 5.26 Å². The number of hydrogen-bond acceptors (Lipinski definition) is 3. The van der Waals surface area contributed by atoms with Crippen molar-refractivity contribution in [3.8, 4) is 11.9 Å². The third-order valence-corrected chi connectivity index (χ3v) is 2.22. The molecule has 1 N–H and O–H groups in total. The van der Waals surface area contributed by atoms with E-state index in [9.17, 15) is 9.90 Å². The van der Waals surface area contributed by atoms with Crippen molar-refractivity contribution >= 4 is 0 Å².